The highest BCUT2D eigenvalue weighted by molar-refractivity contribution is 7.80. The molecule has 0 bridgehead atoms. The second-order valence-electron chi connectivity index (χ2n) is 3.23. The van der Waals surface area contributed by atoms with Crippen molar-refractivity contribution < 1.29 is 4.79 Å². The molecule has 1 aromatic rings. The molecular formula is C11H14N2OS. The smallest absolute Gasteiger partial charge is 0.224 e. The number of carbonyl (C=O) groups is 1. The van der Waals surface area contributed by atoms with E-state index in [1.54, 1.807) is 0 Å². The van der Waals surface area contributed by atoms with E-state index in [1.807, 2.05) is 30.3 Å². The molecule has 80 valence electrons. The van der Waals surface area contributed by atoms with Gasteiger partial charge in [-0.05, 0) is 5.56 Å². The molecule has 1 amide bonds. The first-order chi connectivity index (χ1) is 7.18. The molecule has 4 heteroatoms. The Kier molecular flexibility index (Phi) is 4.77. The number of rotatable bonds is 5. The molecule has 0 heterocycles. The molecule has 0 spiro atoms. The van der Waals surface area contributed by atoms with Gasteiger partial charge in [0.25, 0.3) is 0 Å². The van der Waals surface area contributed by atoms with Crippen LogP contribution in [0.4, 0.5) is 0 Å². The molecular weight excluding hydrogens is 208 g/mol. The maximum absolute atomic E-state index is 11.4. The van der Waals surface area contributed by atoms with Crippen molar-refractivity contribution in [1.29, 1.82) is 0 Å². The van der Waals surface area contributed by atoms with Gasteiger partial charge in [0.05, 0.1) is 11.4 Å². The minimum absolute atomic E-state index is 0.00236. The summed E-state index contributed by atoms with van der Waals surface area (Å²) in [5.74, 6) is -0.00236. The van der Waals surface area contributed by atoms with Gasteiger partial charge in [-0.25, -0.2) is 0 Å². The largest absolute Gasteiger partial charge is 0.393 e. The molecule has 0 aliphatic rings. The highest BCUT2D eigenvalue weighted by Gasteiger charge is 2.01. The SMILES string of the molecule is NC(=S)CCNC(=O)Cc1ccccc1. The third-order valence-corrected chi connectivity index (χ3v) is 2.11. The quantitative estimate of drug-likeness (QED) is 0.731. The first-order valence-corrected chi connectivity index (χ1v) is 5.18. The van der Waals surface area contributed by atoms with E-state index in [0.717, 1.165) is 5.56 Å². The first-order valence-electron chi connectivity index (χ1n) is 4.77. The Hall–Kier alpha value is -1.42. The molecule has 0 saturated carbocycles. The Balaban J connectivity index is 2.28. The zero-order valence-corrected chi connectivity index (χ0v) is 9.22. The molecule has 15 heavy (non-hydrogen) atoms. The van der Waals surface area contributed by atoms with Crippen LogP contribution in [0.2, 0.25) is 0 Å². The van der Waals surface area contributed by atoms with Crippen molar-refractivity contribution in [2.24, 2.45) is 5.73 Å². The third-order valence-electron chi connectivity index (χ3n) is 1.90. The minimum atomic E-state index is -0.00236. The molecule has 0 aliphatic carbocycles. The summed E-state index contributed by atoms with van der Waals surface area (Å²) in [6, 6.07) is 9.60. The highest BCUT2D eigenvalue weighted by Crippen LogP contribution is 1.98. The third kappa shape index (κ3) is 5.12. The molecule has 0 fully saturated rings. The van der Waals surface area contributed by atoms with Gasteiger partial charge < -0.3 is 11.1 Å². The normalized spacial score (nSPS) is 9.60. The Morgan fingerprint density at radius 1 is 1.33 bits per heavy atom. The zero-order valence-electron chi connectivity index (χ0n) is 8.40. The van der Waals surface area contributed by atoms with Crippen LogP contribution in [0.5, 0.6) is 0 Å². The Morgan fingerprint density at radius 2 is 2.00 bits per heavy atom. The van der Waals surface area contributed by atoms with Gasteiger partial charge >= 0.3 is 0 Å². The molecule has 1 rings (SSSR count). The van der Waals surface area contributed by atoms with E-state index < -0.39 is 0 Å². The predicted octanol–water partition coefficient (Wildman–Crippen LogP) is 1.02. The molecule has 0 aromatic heterocycles. The van der Waals surface area contributed by atoms with Crippen molar-refractivity contribution in [3.8, 4) is 0 Å². The van der Waals surface area contributed by atoms with Gasteiger partial charge in [-0.3, -0.25) is 4.79 Å². The maximum Gasteiger partial charge on any atom is 0.224 e. The number of amides is 1. The van der Waals surface area contributed by atoms with Crippen molar-refractivity contribution in [2.45, 2.75) is 12.8 Å². The number of nitrogens with one attached hydrogen (secondary N) is 1. The van der Waals surface area contributed by atoms with Gasteiger partial charge in [-0.2, -0.15) is 0 Å². The number of hydrogen-bond acceptors (Lipinski definition) is 2. The highest BCUT2D eigenvalue weighted by atomic mass is 32.1. The lowest BCUT2D eigenvalue weighted by atomic mass is 10.1. The topological polar surface area (TPSA) is 55.1 Å². The van der Waals surface area contributed by atoms with Crippen LogP contribution in [0.15, 0.2) is 30.3 Å². The minimum Gasteiger partial charge on any atom is -0.393 e. The second kappa shape index (κ2) is 6.14. The van der Waals surface area contributed by atoms with Crippen molar-refractivity contribution in [2.75, 3.05) is 6.54 Å². The van der Waals surface area contributed by atoms with Gasteiger partial charge in [0.15, 0.2) is 0 Å². The van der Waals surface area contributed by atoms with Crippen molar-refractivity contribution in [3.63, 3.8) is 0 Å². The summed E-state index contributed by atoms with van der Waals surface area (Å²) in [6.45, 7) is 0.515. The van der Waals surface area contributed by atoms with Crippen LogP contribution in [-0.4, -0.2) is 17.4 Å². The van der Waals surface area contributed by atoms with Crippen LogP contribution in [0.25, 0.3) is 0 Å². The van der Waals surface area contributed by atoms with E-state index in [0.29, 0.717) is 24.4 Å². The van der Waals surface area contributed by atoms with E-state index in [1.165, 1.54) is 0 Å². The average Bonchev–Trinajstić information content (AvgIpc) is 2.18. The summed E-state index contributed by atoms with van der Waals surface area (Å²) in [7, 11) is 0. The van der Waals surface area contributed by atoms with E-state index in [2.05, 4.69) is 5.32 Å². The number of carbonyl (C=O) groups excluding carboxylic acids is 1. The summed E-state index contributed by atoms with van der Waals surface area (Å²) >= 11 is 4.70. The van der Waals surface area contributed by atoms with Crippen LogP contribution >= 0.6 is 12.2 Å². The van der Waals surface area contributed by atoms with Crippen LogP contribution in [0.3, 0.4) is 0 Å². The molecule has 0 unspecified atom stereocenters. The van der Waals surface area contributed by atoms with Crippen molar-refractivity contribution in [1.82, 2.24) is 5.32 Å². The van der Waals surface area contributed by atoms with Gasteiger partial charge in [-0.15, -0.1) is 0 Å². The first kappa shape index (κ1) is 11.7. The molecule has 1 aromatic carbocycles. The Bertz CT molecular complexity index is 338. The Labute approximate surface area is 94.7 Å². The maximum atomic E-state index is 11.4. The fourth-order valence-corrected chi connectivity index (χ4v) is 1.27. The molecule has 3 N–H and O–H groups in total. The lowest BCUT2D eigenvalue weighted by molar-refractivity contribution is -0.120. The van der Waals surface area contributed by atoms with Crippen LogP contribution in [-0.2, 0) is 11.2 Å². The summed E-state index contributed by atoms with van der Waals surface area (Å²) in [4.78, 5) is 11.8. The predicted molar refractivity (Wildman–Crippen MR) is 64.6 cm³/mol. The summed E-state index contributed by atoms with van der Waals surface area (Å²) in [5.41, 5.74) is 6.32. The molecule has 0 saturated heterocycles. The lowest BCUT2D eigenvalue weighted by Crippen LogP contribution is -2.28. The number of thiocarbonyl (C=S) groups is 1. The summed E-state index contributed by atoms with van der Waals surface area (Å²) < 4.78 is 0. The fraction of sp³-hybridized carbons (Fsp3) is 0.273. The van der Waals surface area contributed by atoms with E-state index in [4.69, 9.17) is 18.0 Å². The zero-order chi connectivity index (χ0) is 11.1. The van der Waals surface area contributed by atoms with E-state index in [9.17, 15) is 4.79 Å². The van der Waals surface area contributed by atoms with E-state index >= 15 is 0 Å². The number of hydrogen-bond donors (Lipinski definition) is 2. The Morgan fingerprint density at radius 3 is 2.60 bits per heavy atom. The van der Waals surface area contributed by atoms with Gasteiger partial charge in [-0.1, -0.05) is 42.5 Å². The van der Waals surface area contributed by atoms with Gasteiger partial charge in [0, 0.05) is 13.0 Å². The monoisotopic (exact) mass is 222 g/mol. The second-order valence-corrected chi connectivity index (χ2v) is 3.75. The molecule has 0 atom stereocenters. The van der Waals surface area contributed by atoms with Crippen LogP contribution < -0.4 is 11.1 Å². The van der Waals surface area contributed by atoms with Gasteiger partial charge in [0.2, 0.25) is 5.91 Å². The summed E-state index contributed by atoms with van der Waals surface area (Å²) in [6.07, 6.45) is 0.952. The number of benzene rings is 1. The summed E-state index contributed by atoms with van der Waals surface area (Å²) in [5, 5.41) is 2.76. The standard InChI is InChI=1S/C11H14N2OS/c12-10(15)6-7-13-11(14)8-9-4-2-1-3-5-9/h1-5H,6-8H2,(H2,12,15)(H,13,14). The van der Waals surface area contributed by atoms with E-state index in [-0.39, 0.29) is 5.91 Å². The number of nitrogens with two attached hydrogens (primary N) is 1. The molecule has 0 aliphatic heterocycles. The lowest BCUT2D eigenvalue weighted by Gasteiger charge is -2.04. The van der Waals surface area contributed by atoms with Gasteiger partial charge in [0.1, 0.15) is 0 Å². The molecule has 3 nitrogen and oxygen atoms in total. The average molecular weight is 222 g/mol. The van der Waals surface area contributed by atoms with Crippen LogP contribution in [0, 0.1) is 0 Å². The van der Waals surface area contributed by atoms with Crippen molar-refractivity contribution >= 4 is 23.1 Å². The van der Waals surface area contributed by atoms with Crippen molar-refractivity contribution in [3.05, 3.63) is 35.9 Å². The molecule has 0 radical (unpaired) electrons. The van der Waals surface area contributed by atoms with Crippen LogP contribution in [0.1, 0.15) is 12.0 Å². The fourth-order valence-electron chi connectivity index (χ4n) is 1.17.